The van der Waals surface area contributed by atoms with Crippen LogP contribution in [0.15, 0.2) is 114 Å². The van der Waals surface area contributed by atoms with E-state index in [-0.39, 0.29) is 5.75 Å². The number of nitrogens with zero attached hydrogens (tertiary/aromatic N) is 2. The van der Waals surface area contributed by atoms with Gasteiger partial charge in [0.1, 0.15) is 5.75 Å². The molecule has 0 aliphatic heterocycles. The Morgan fingerprint density at radius 3 is 2.16 bits per heavy atom. The number of phenolic OH excluding ortho intramolecular Hbond substituents is 1. The molecule has 0 radical (unpaired) electrons. The van der Waals surface area contributed by atoms with Crippen molar-refractivity contribution >= 4 is 34.7 Å². The first-order valence-electron chi connectivity index (χ1n) is 11.8. The van der Waals surface area contributed by atoms with Crippen molar-refractivity contribution in [2.75, 3.05) is 0 Å². The lowest BCUT2D eigenvalue weighted by Crippen LogP contribution is -2.17. The quantitative estimate of drug-likeness (QED) is 0.124. The molecule has 0 bridgehead atoms. The van der Waals surface area contributed by atoms with Crippen LogP contribution in [0.4, 0.5) is 0 Å². The van der Waals surface area contributed by atoms with Crippen LogP contribution in [0.3, 0.4) is 0 Å². The van der Waals surface area contributed by atoms with Crippen molar-refractivity contribution < 1.29 is 9.90 Å². The summed E-state index contributed by atoms with van der Waals surface area (Å²) in [4.78, 5) is 12.7. The second-order valence-electron chi connectivity index (χ2n) is 8.60. The summed E-state index contributed by atoms with van der Waals surface area (Å²) >= 11 is 2.01. The molecule has 0 unspecified atom stereocenters. The van der Waals surface area contributed by atoms with E-state index in [1.165, 1.54) is 11.6 Å². The van der Waals surface area contributed by atoms with Gasteiger partial charge in [0.25, 0.3) is 5.91 Å². The zero-order valence-electron chi connectivity index (χ0n) is 20.1. The number of benzene rings is 4. The maximum atomic E-state index is 12.7. The monoisotopic (exact) mass is 597 g/mol. The van der Waals surface area contributed by atoms with Crippen LogP contribution in [-0.2, 0) is 0 Å². The highest BCUT2D eigenvalue weighted by Crippen LogP contribution is 2.35. The van der Waals surface area contributed by atoms with Crippen LogP contribution < -0.4 is 5.43 Å². The average Bonchev–Trinajstić information content (AvgIpc) is 3.31. The molecule has 2 N–H and O–H groups in total. The van der Waals surface area contributed by atoms with E-state index >= 15 is 0 Å². The number of carbonyl (C=O) groups is 1. The fourth-order valence-corrected chi connectivity index (χ4v) is 4.52. The van der Waals surface area contributed by atoms with E-state index < -0.39 is 5.91 Å². The van der Waals surface area contributed by atoms with Gasteiger partial charge in [-0.25, -0.2) is 5.43 Å². The molecule has 0 saturated heterocycles. The molecule has 4 aromatic carbocycles. The molecule has 0 saturated carbocycles. The third kappa shape index (κ3) is 5.34. The van der Waals surface area contributed by atoms with E-state index in [0.717, 1.165) is 33.8 Å². The van der Waals surface area contributed by atoms with Gasteiger partial charge in [0.05, 0.1) is 21.2 Å². The van der Waals surface area contributed by atoms with E-state index in [9.17, 15) is 9.90 Å². The number of rotatable bonds is 6. The Balaban J connectivity index is 1.61. The zero-order chi connectivity index (χ0) is 25.8. The summed E-state index contributed by atoms with van der Waals surface area (Å²) in [5.41, 5.74) is 10.1. The van der Waals surface area contributed by atoms with Crippen LogP contribution in [0.1, 0.15) is 21.5 Å². The first-order chi connectivity index (χ1) is 18.0. The van der Waals surface area contributed by atoms with Gasteiger partial charge in [-0.15, -0.1) is 0 Å². The minimum Gasteiger partial charge on any atom is -0.507 e. The highest BCUT2D eigenvalue weighted by Gasteiger charge is 2.18. The summed E-state index contributed by atoms with van der Waals surface area (Å²) < 4.78 is 2.90. The fourth-order valence-electron chi connectivity index (χ4n) is 4.18. The van der Waals surface area contributed by atoms with Gasteiger partial charge in [0, 0.05) is 16.8 Å². The van der Waals surface area contributed by atoms with Crippen molar-refractivity contribution in [1.29, 1.82) is 0 Å². The highest BCUT2D eigenvalue weighted by molar-refractivity contribution is 14.1. The van der Waals surface area contributed by atoms with E-state index in [1.54, 1.807) is 18.3 Å². The largest absolute Gasteiger partial charge is 0.507 e. The van der Waals surface area contributed by atoms with Crippen LogP contribution in [0, 0.1) is 10.5 Å². The maximum Gasteiger partial charge on any atom is 0.271 e. The van der Waals surface area contributed by atoms with Crippen molar-refractivity contribution in [3.8, 4) is 34.0 Å². The van der Waals surface area contributed by atoms with Crippen molar-refractivity contribution in [3.63, 3.8) is 0 Å². The Labute approximate surface area is 229 Å². The van der Waals surface area contributed by atoms with Crippen LogP contribution in [0.5, 0.6) is 5.75 Å². The minimum absolute atomic E-state index is 0.0614. The van der Waals surface area contributed by atoms with E-state index in [1.807, 2.05) is 59.0 Å². The second-order valence-corrected chi connectivity index (χ2v) is 9.76. The Bertz CT molecular complexity index is 1570. The first-order valence-corrected chi connectivity index (χ1v) is 12.8. The molecule has 0 spiro atoms. The Hall–Kier alpha value is -4.17. The van der Waals surface area contributed by atoms with Crippen LogP contribution in [0.2, 0.25) is 0 Å². The van der Waals surface area contributed by atoms with Gasteiger partial charge in [-0.05, 0) is 77.0 Å². The molecule has 0 fully saturated rings. The van der Waals surface area contributed by atoms with Crippen molar-refractivity contribution in [3.05, 3.63) is 129 Å². The van der Waals surface area contributed by atoms with Gasteiger partial charge in [-0.2, -0.15) is 5.10 Å². The van der Waals surface area contributed by atoms with E-state index in [0.29, 0.717) is 9.13 Å². The number of phenols is 1. The molecular formula is C31H24IN3O2. The lowest BCUT2D eigenvalue weighted by atomic mass is 10.1. The maximum absolute atomic E-state index is 12.7. The molecule has 5 nitrogen and oxygen atoms in total. The SMILES string of the molecule is Cc1ccc(-n2c(-c3ccccc3)cc(C=NNC(=O)c3ccc(I)c(O)c3)c2-c2ccccc2)cc1. The fraction of sp³-hybridized carbons (Fsp3) is 0.0323. The summed E-state index contributed by atoms with van der Waals surface area (Å²) in [5.74, 6) is -0.336. The predicted octanol–water partition coefficient (Wildman–Crippen LogP) is 7.19. The van der Waals surface area contributed by atoms with Crippen molar-refractivity contribution in [1.82, 2.24) is 9.99 Å². The summed E-state index contributed by atoms with van der Waals surface area (Å²) in [6, 6.07) is 35.7. The third-order valence-electron chi connectivity index (χ3n) is 6.02. The van der Waals surface area contributed by atoms with Crippen molar-refractivity contribution in [2.24, 2.45) is 5.10 Å². The summed E-state index contributed by atoms with van der Waals surface area (Å²) in [6.07, 6.45) is 1.67. The molecule has 0 aliphatic carbocycles. The van der Waals surface area contributed by atoms with Gasteiger partial charge in [0.2, 0.25) is 0 Å². The number of aromatic hydroxyl groups is 1. The number of carbonyl (C=O) groups excluding carboxylic acids is 1. The molecule has 1 heterocycles. The average molecular weight is 597 g/mol. The van der Waals surface area contributed by atoms with Gasteiger partial charge in [-0.3, -0.25) is 4.79 Å². The van der Waals surface area contributed by atoms with Crippen LogP contribution in [-0.4, -0.2) is 21.8 Å². The standard InChI is InChI=1S/C31H24IN3O2/c1-21-12-15-26(16-13-21)35-28(22-8-4-2-5-9-22)18-25(30(35)23-10-6-3-7-11-23)20-33-34-31(37)24-14-17-27(32)29(36)19-24/h2-20,36H,1H3,(H,34,37). The van der Waals surface area contributed by atoms with Gasteiger partial charge < -0.3 is 9.67 Å². The van der Waals surface area contributed by atoms with Gasteiger partial charge in [-0.1, -0.05) is 78.4 Å². The number of hydrogen-bond donors (Lipinski definition) is 2. The number of hydrazone groups is 1. The van der Waals surface area contributed by atoms with E-state index in [2.05, 4.69) is 76.6 Å². The first kappa shape index (κ1) is 24.5. The molecule has 1 amide bonds. The third-order valence-corrected chi connectivity index (χ3v) is 6.93. The predicted molar refractivity (Wildman–Crippen MR) is 157 cm³/mol. The van der Waals surface area contributed by atoms with Crippen LogP contribution >= 0.6 is 22.6 Å². The minimum atomic E-state index is -0.398. The lowest BCUT2D eigenvalue weighted by Gasteiger charge is -2.15. The van der Waals surface area contributed by atoms with Gasteiger partial charge >= 0.3 is 0 Å². The summed E-state index contributed by atoms with van der Waals surface area (Å²) in [7, 11) is 0. The smallest absolute Gasteiger partial charge is 0.271 e. The normalized spacial score (nSPS) is 11.1. The Morgan fingerprint density at radius 2 is 1.51 bits per heavy atom. The molecule has 182 valence electrons. The molecule has 6 heteroatoms. The zero-order valence-corrected chi connectivity index (χ0v) is 22.3. The highest BCUT2D eigenvalue weighted by atomic mass is 127. The summed E-state index contributed by atoms with van der Waals surface area (Å²) in [5, 5.41) is 14.2. The summed E-state index contributed by atoms with van der Waals surface area (Å²) in [6.45, 7) is 2.07. The van der Waals surface area contributed by atoms with Crippen molar-refractivity contribution in [2.45, 2.75) is 6.92 Å². The number of aromatic nitrogens is 1. The Morgan fingerprint density at radius 1 is 0.865 bits per heavy atom. The molecule has 0 atom stereocenters. The molecule has 5 aromatic rings. The number of halogens is 1. The molecular weight excluding hydrogens is 573 g/mol. The van der Waals surface area contributed by atoms with E-state index in [4.69, 9.17) is 0 Å². The van der Waals surface area contributed by atoms with Gasteiger partial charge in [0.15, 0.2) is 0 Å². The number of amides is 1. The van der Waals surface area contributed by atoms with Crippen LogP contribution in [0.25, 0.3) is 28.2 Å². The second kappa shape index (κ2) is 10.8. The lowest BCUT2D eigenvalue weighted by molar-refractivity contribution is 0.0954. The number of aryl methyl sites for hydroxylation is 1. The molecule has 1 aromatic heterocycles. The number of nitrogens with one attached hydrogen (secondary N) is 1. The molecule has 37 heavy (non-hydrogen) atoms. The Kier molecular flexibility index (Phi) is 7.18. The number of hydrogen-bond acceptors (Lipinski definition) is 3. The molecule has 0 aliphatic rings. The molecule has 5 rings (SSSR count). The topological polar surface area (TPSA) is 66.6 Å².